The second-order valence-corrected chi connectivity index (χ2v) is 6.03. The molecule has 0 heterocycles. The fraction of sp³-hybridized carbons (Fsp3) is 0.0870. The molecule has 0 radical (unpaired) electrons. The molecule has 0 aliphatic carbocycles. The van der Waals surface area contributed by atoms with Crippen molar-refractivity contribution >= 4 is 23.0 Å². The van der Waals surface area contributed by atoms with E-state index < -0.39 is 5.97 Å². The number of hydrogen-bond acceptors (Lipinski definition) is 4. The van der Waals surface area contributed by atoms with Crippen LogP contribution in [0, 0.1) is 0 Å². The Morgan fingerprint density at radius 2 is 1.26 bits per heavy atom. The van der Waals surface area contributed by atoms with Crippen LogP contribution in [0.2, 0.25) is 0 Å². The van der Waals surface area contributed by atoms with Gasteiger partial charge in [0.05, 0.1) is 7.11 Å². The number of carbonyl (C=O) groups is 1. The molecule has 4 nitrogen and oxygen atoms in total. The monoisotopic (exact) mass is 359 g/mol. The number of methoxy groups -OCH3 is 1. The van der Waals surface area contributed by atoms with Crippen molar-refractivity contribution in [2.45, 2.75) is 6.92 Å². The Hall–Kier alpha value is -3.53. The quantitative estimate of drug-likeness (QED) is 0.324. The molecule has 27 heavy (non-hydrogen) atoms. The summed E-state index contributed by atoms with van der Waals surface area (Å²) in [5.74, 6) is 0.848. The number of esters is 1. The first-order valence-electron chi connectivity index (χ1n) is 8.55. The van der Waals surface area contributed by atoms with Gasteiger partial charge >= 0.3 is 5.97 Å². The van der Waals surface area contributed by atoms with Crippen molar-refractivity contribution in [2.75, 3.05) is 12.0 Å². The lowest BCUT2D eigenvalue weighted by Gasteiger charge is -2.25. The highest BCUT2D eigenvalue weighted by Gasteiger charge is 2.13. The average molecular weight is 359 g/mol. The molecule has 0 fully saturated rings. The first-order chi connectivity index (χ1) is 13.1. The molecule has 0 N–H and O–H groups in total. The van der Waals surface area contributed by atoms with Gasteiger partial charge in [-0.05, 0) is 67.6 Å². The van der Waals surface area contributed by atoms with E-state index in [4.69, 9.17) is 9.47 Å². The molecule has 0 amide bonds. The van der Waals surface area contributed by atoms with E-state index >= 15 is 0 Å². The van der Waals surface area contributed by atoms with E-state index in [0.29, 0.717) is 11.3 Å². The first kappa shape index (κ1) is 18.3. The highest BCUT2D eigenvalue weighted by atomic mass is 16.5. The Morgan fingerprint density at radius 1 is 0.778 bits per heavy atom. The highest BCUT2D eigenvalue weighted by molar-refractivity contribution is 5.89. The van der Waals surface area contributed by atoms with Gasteiger partial charge in [-0.2, -0.15) is 0 Å². The van der Waals surface area contributed by atoms with Gasteiger partial charge in [0.15, 0.2) is 0 Å². The molecule has 0 aromatic heterocycles. The minimum Gasteiger partial charge on any atom is -0.497 e. The predicted molar refractivity (Wildman–Crippen MR) is 108 cm³/mol. The summed E-state index contributed by atoms with van der Waals surface area (Å²) >= 11 is 0. The molecule has 0 aliphatic rings. The molecule has 0 unspecified atom stereocenters. The molecule has 0 aliphatic heterocycles. The molecule has 0 atom stereocenters. The van der Waals surface area contributed by atoms with Crippen LogP contribution in [-0.4, -0.2) is 13.1 Å². The lowest BCUT2D eigenvalue weighted by atomic mass is 10.2. The summed E-state index contributed by atoms with van der Waals surface area (Å²) in [7, 11) is 1.65. The number of benzene rings is 3. The van der Waals surface area contributed by atoms with Crippen LogP contribution < -0.4 is 14.4 Å². The minimum absolute atomic E-state index is 0.364. The summed E-state index contributed by atoms with van der Waals surface area (Å²) in [6.07, 6.45) is 0. The van der Waals surface area contributed by atoms with Crippen molar-refractivity contribution in [1.82, 2.24) is 0 Å². The van der Waals surface area contributed by atoms with Gasteiger partial charge in [-0.15, -0.1) is 0 Å². The molecule has 0 bridgehead atoms. The Bertz CT molecular complexity index is 916. The zero-order valence-electron chi connectivity index (χ0n) is 15.4. The summed E-state index contributed by atoms with van der Waals surface area (Å²) in [5.41, 5.74) is 3.33. The molecule has 4 heteroatoms. The molecular formula is C23H21NO3. The van der Waals surface area contributed by atoms with Crippen LogP contribution in [0.4, 0.5) is 17.1 Å². The van der Waals surface area contributed by atoms with Gasteiger partial charge in [-0.3, -0.25) is 0 Å². The van der Waals surface area contributed by atoms with Gasteiger partial charge in [0, 0.05) is 22.6 Å². The Kier molecular flexibility index (Phi) is 5.57. The van der Waals surface area contributed by atoms with Crippen LogP contribution in [0.1, 0.15) is 6.92 Å². The third-order valence-electron chi connectivity index (χ3n) is 4.00. The van der Waals surface area contributed by atoms with Crippen LogP contribution in [0.3, 0.4) is 0 Å². The molecule has 0 saturated carbocycles. The number of ether oxygens (including phenoxy) is 2. The SMILES string of the molecule is C=C(C)C(=O)Oc1ccc(N(c2ccccc2)c2ccc(OC)cc2)cc1. The van der Waals surface area contributed by atoms with Gasteiger partial charge in [-0.25, -0.2) is 4.79 Å². The smallest absolute Gasteiger partial charge is 0.338 e. The van der Waals surface area contributed by atoms with Crippen LogP contribution in [0.15, 0.2) is 91.0 Å². The normalized spacial score (nSPS) is 10.1. The average Bonchev–Trinajstić information content (AvgIpc) is 2.71. The standard InChI is InChI=1S/C23H21NO3/c1-17(2)23(25)27-22-15-11-20(12-16-22)24(18-7-5-4-6-8-18)19-9-13-21(26-3)14-10-19/h4-16H,1H2,2-3H3. The van der Waals surface area contributed by atoms with Gasteiger partial charge < -0.3 is 14.4 Å². The van der Waals surface area contributed by atoms with Gasteiger partial charge in [0.1, 0.15) is 11.5 Å². The first-order valence-corrected chi connectivity index (χ1v) is 8.55. The summed E-state index contributed by atoms with van der Waals surface area (Å²) in [6.45, 7) is 5.22. The summed E-state index contributed by atoms with van der Waals surface area (Å²) in [6, 6.07) is 25.3. The predicted octanol–water partition coefficient (Wildman–Crippen LogP) is 5.65. The maximum Gasteiger partial charge on any atom is 0.338 e. The molecule has 3 aromatic carbocycles. The van der Waals surface area contributed by atoms with E-state index in [0.717, 1.165) is 22.8 Å². The number of carbonyl (C=O) groups excluding carboxylic acids is 1. The van der Waals surface area contributed by atoms with Crippen molar-refractivity contribution in [1.29, 1.82) is 0 Å². The molecule has 136 valence electrons. The van der Waals surface area contributed by atoms with Crippen molar-refractivity contribution < 1.29 is 14.3 Å². The van der Waals surface area contributed by atoms with E-state index in [1.54, 1.807) is 26.2 Å². The van der Waals surface area contributed by atoms with Gasteiger partial charge in [0.2, 0.25) is 0 Å². The van der Waals surface area contributed by atoms with Gasteiger partial charge in [0.25, 0.3) is 0 Å². The third kappa shape index (κ3) is 4.36. The Morgan fingerprint density at radius 3 is 1.74 bits per heavy atom. The third-order valence-corrected chi connectivity index (χ3v) is 4.00. The van der Waals surface area contributed by atoms with Crippen LogP contribution in [-0.2, 0) is 4.79 Å². The van der Waals surface area contributed by atoms with E-state index in [9.17, 15) is 4.79 Å². The van der Waals surface area contributed by atoms with E-state index in [-0.39, 0.29) is 0 Å². The summed E-state index contributed by atoms with van der Waals surface area (Å²) < 4.78 is 10.5. The lowest BCUT2D eigenvalue weighted by molar-refractivity contribution is -0.130. The van der Waals surface area contributed by atoms with E-state index in [1.807, 2.05) is 66.7 Å². The molecule has 0 spiro atoms. The summed E-state index contributed by atoms with van der Waals surface area (Å²) in [5, 5.41) is 0. The lowest BCUT2D eigenvalue weighted by Crippen LogP contribution is -2.10. The van der Waals surface area contributed by atoms with Crippen molar-refractivity contribution in [3.8, 4) is 11.5 Å². The van der Waals surface area contributed by atoms with Crippen LogP contribution in [0.25, 0.3) is 0 Å². The molecular weight excluding hydrogens is 338 g/mol. The van der Waals surface area contributed by atoms with E-state index in [2.05, 4.69) is 11.5 Å². The molecule has 3 rings (SSSR count). The number of rotatable bonds is 6. The topological polar surface area (TPSA) is 38.8 Å². The second-order valence-electron chi connectivity index (χ2n) is 6.03. The number of anilines is 3. The number of para-hydroxylation sites is 1. The van der Waals surface area contributed by atoms with Gasteiger partial charge in [-0.1, -0.05) is 24.8 Å². The number of hydrogen-bond donors (Lipinski definition) is 0. The second kappa shape index (κ2) is 8.23. The largest absolute Gasteiger partial charge is 0.497 e. The van der Waals surface area contributed by atoms with E-state index in [1.165, 1.54) is 0 Å². The zero-order valence-corrected chi connectivity index (χ0v) is 15.4. The van der Waals surface area contributed by atoms with Crippen LogP contribution >= 0.6 is 0 Å². The molecule has 0 saturated heterocycles. The fourth-order valence-corrected chi connectivity index (χ4v) is 2.61. The van der Waals surface area contributed by atoms with Crippen LogP contribution in [0.5, 0.6) is 11.5 Å². The Labute approximate surface area is 159 Å². The minimum atomic E-state index is -0.433. The Balaban J connectivity index is 1.95. The van der Waals surface area contributed by atoms with Crippen molar-refractivity contribution in [2.24, 2.45) is 0 Å². The van der Waals surface area contributed by atoms with Crippen molar-refractivity contribution in [3.63, 3.8) is 0 Å². The summed E-state index contributed by atoms with van der Waals surface area (Å²) in [4.78, 5) is 13.8. The fourth-order valence-electron chi connectivity index (χ4n) is 2.61. The maximum absolute atomic E-state index is 11.7. The van der Waals surface area contributed by atoms with Crippen molar-refractivity contribution in [3.05, 3.63) is 91.0 Å². The molecule has 3 aromatic rings. The highest BCUT2D eigenvalue weighted by Crippen LogP contribution is 2.35. The zero-order chi connectivity index (χ0) is 19.2. The maximum atomic E-state index is 11.7. The number of nitrogens with zero attached hydrogens (tertiary/aromatic N) is 1.